The van der Waals surface area contributed by atoms with E-state index >= 15 is 0 Å². The molecule has 20 heavy (non-hydrogen) atoms. The fourth-order valence-corrected chi connectivity index (χ4v) is 2.01. The lowest BCUT2D eigenvalue weighted by molar-refractivity contribution is 0.388. The van der Waals surface area contributed by atoms with Gasteiger partial charge in [0.2, 0.25) is 0 Å². The molecule has 0 aromatic carbocycles. The van der Waals surface area contributed by atoms with Gasteiger partial charge in [-0.25, -0.2) is 4.98 Å². The van der Waals surface area contributed by atoms with Gasteiger partial charge >= 0.3 is 0 Å². The summed E-state index contributed by atoms with van der Waals surface area (Å²) in [5.41, 5.74) is 2.11. The zero-order valence-corrected chi connectivity index (χ0v) is 11.0. The van der Waals surface area contributed by atoms with Crippen molar-refractivity contribution in [2.24, 2.45) is 0 Å². The highest BCUT2D eigenvalue weighted by Crippen LogP contribution is 2.02. The van der Waals surface area contributed by atoms with Gasteiger partial charge in [-0.15, -0.1) is 0 Å². The monoisotopic (exact) mass is 270 g/mol. The molecule has 0 spiro atoms. The van der Waals surface area contributed by atoms with Gasteiger partial charge in [-0.05, 0) is 19.1 Å². The summed E-state index contributed by atoms with van der Waals surface area (Å²) in [6.07, 6.45) is 1.71. The van der Waals surface area contributed by atoms with Crippen LogP contribution in [0.1, 0.15) is 17.1 Å². The molecule has 0 saturated heterocycles. The molecule has 3 rings (SSSR count). The molecule has 0 radical (unpaired) electrons. The fraction of sp³-hybridized carbons (Fsp3) is 0.214. The number of rotatable bonds is 4. The minimum atomic E-state index is -0.0790. The molecule has 0 amide bonds. The van der Waals surface area contributed by atoms with Crippen LogP contribution in [0.15, 0.2) is 45.8 Å². The molecule has 6 heteroatoms. The van der Waals surface area contributed by atoms with Crippen LogP contribution >= 0.6 is 0 Å². The average molecular weight is 270 g/mol. The van der Waals surface area contributed by atoms with Crippen molar-refractivity contribution >= 4 is 5.65 Å². The van der Waals surface area contributed by atoms with Crippen molar-refractivity contribution in [2.45, 2.75) is 20.0 Å². The van der Waals surface area contributed by atoms with Crippen LogP contribution in [-0.2, 0) is 13.1 Å². The number of fused-ring (bicyclic) bond motifs is 1. The summed E-state index contributed by atoms with van der Waals surface area (Å²) in [6.45, 7) is 2.93. The van der Waals surface area contributed by atoms with Crippen molar-refractivity contribution in [2.75, 3.05) is 0 Å². The van der Waals surface area contributed by atoms with E-state index in [1.54, 1.807) is 12.3 Å². The molecule has 0 aliphatic heterocycles. The lowest BCUT2D eigenvalue weighted by atomic mass is 10.3. The maximum atomic E-state index is 11.9. The fourth-order valence-electron chi connectivity index (χ4n) is 2.01. The Morgan fingerprint density at radius 2 is 2.10 bits per heavy atom. The van der Waals surface area contributed by atoms with E-state index in [1.807, 2.05) is 25.1 Å². The molecule has 0 atom stereocenters. The van der Waals surface area contributed by atoms with Crippen LogP contribution < -0.4 is 10.9 Å². The summed E-state index contributed by atoms with van der Waals surface area (Å²) in [7, 11) is 0. The maximum absolute atomic E-state index is 11.9. The van der Waals surface area contributed by atoms with E-state index in [-0.39, 0.29) is 5.56 Å². The number of hydrogen-bond donors (Lipinski definition) is 1. The minimum Gasteiger partial charge on any atom is -0.361 e. The van der Waals surface area contributed by atoms with E-state index in [1.165, 1.54) is 10.5 Å². The van der Waals surface area contributed by atoms with Crippen molar-refractivity contribution < 1.29 is 4.52 Å². The van der Waals surface area contributed by atoms with Crippen LogP contribution in [0.5, 0.6) is 0 Å². The Balaban J connectivity index is 1.73. The zero-order chi connectivity index (χ0) is 13.9. The third-order valence-electron chi connectivity index (χ3n) is 2.91. The van der Waals surface area contributed by atoms with Crippen LogP contribution in [0, 0.1) is 6.92 Å². The number of nitrogens with zero attached hydrogens (tertiary/aromatic N) is 3. The van der Waals surface area contributed by atoms with Crippen LogP contribution in [-0.4, -0.2) is 14.5 Å². The molecular weight excluding hydrogens is 256 g/mol. The molecule has 0 fully saturated rings. The number of nitrogens with one attached hydrogen (secondary N) is 1. The van der Waals surface area contributed by atoms with E-state index in [2.05, 4.69) is 15.5 Å². The highest BCUT2D eigenvalue weighted by atomic mass is 16.5. The Hall–Kier alpha value is -2.47. The van der Waals surface area contributed by atoms with Crippen LogP contribution in [0.25, 0.3) is 5.65 Å². The number of aryl methyl sites for hydroxylation is 1. The molecule has 3 aromatic rings. The topological polar surface area (TPSA) is 72.4 Å². The highest BCUT2D eigenvalue weighted by Gasteiger charge is 2.03. The third kappa shape index (κ3) is 2.60. The van der Waals surface area contributed by atoms with Gasteiger partial charge in [0.15, 0.2) is 0 Å². The summed E-state index contributed by atoms with van der Waals surface area (Å²) in [5.74, 6) is 0.781. The molecule has 0 aliphatic carbocycles. The first-order chi connectivity index (χ1) is 9.72. The van der Waals surface area contributed by atoms with Crippen molar-refractivity contribution in [1.29, 1.82) is 0 Å². The molecule has 0 unspecified atom stereocenters. The summed E-state index contributed by atoms with van der Waals surface area (Å²) in [4.78, 5) is 16.3. The van der Waals surface area contributed by atoms with Gasteiger partial charge in [0, 0.05) is 31.4 Å². The quantitative estimate of drug-likeness (QED) is 0.773. The maximum Gasteiger partial charge on any atom is 0.258 e. The minimum absolute atomic E-state index is 0.0790. The number of aromatic nitrogens is 3. The highest BCUT2D eigenvalue weighted by molar-refractivity contribution is 5.37. The molecule has 3 heterocycles. The van der Waals surface area contributed by atoms with Gasteiger partial charge in [0.1, 0.15) is 11.4 Å². The summed E-state index contributed by atoms with van der Waals surface area (Å²) in [5, 5.41) is 7.08. The average Bonchev–Trinajstić information content (AvgIpc) is 2.85. The SMILES string of the molecule is Cc1cc(CNCc2cc(=O)n3ccccc3n2)no1. The Morgan fingerprint density at radius 3 is 2.90 bits per heavy atom. The number of pyridine rings is 1. The summed E-state index contributed by atoms with van der Waals surface area (Å²) >= 11 is 0. The van der Waals surface area contributed by atoms with Crippen molar-refractivity contribution in [3.8, 4) is 0 Å². The molecule has 6 nitrogen and oxygen atoms in total. The van der Waals surface area contributed by atoms with Crippen molar-refractivity contribution in [1.82, 2.24) is 19.9 Å². The second-order valence-corrected chi connectivity index (χ2v) is 4.55. The van der Waals surface area contributed by atoms with Gasteiger partial charge in [0.25, 0.3) is 5.56 Å². The Labute approximate surface area is 115 Å². The van der Waals surface area contributed by atoms with E-state index < -0.39 is 0 Å². The number of hydrogen-bond acceptors (Lipinski definition) is 5. The zero-order valence-electron chi connectivity index (χ0n) is 11.0. The third-order valence-corrected chi connectivity index (χ3v) is 2.91. The second-order valence-electron chi connectivity index (χ2n) is 4.55. The first kappa shape index (κ1) is 12.6. The lowest BCUT2D eigenvalue weighted by Crippen LogP contribution is -2.19. The first-order valence-electron chi connectivity index (χ1n) is 6.32. The standard InChI is InChI=1S/C14H14N4O2/c1-10-6-12(17-20-10)9-15-8-11-7-14(19)18-5-3-2-4-13(18)16-11/h2-7,15H,8-9H2,1H3. The molecular formula is C14H14N4O2. The van der Waals surface area contributed by atoms with E-state index in [9.17, 15) is 4.79 Å². The van der Waals surface area contributed by atoms with Crippen LogP contribution in [0.3, 0.4) is 0 Å². The van der Waals surface area contributed by atoms with E-state index in [4.69, 9.17) is 4.52 Å². The van der Waals surface area contributed by atoms with Gasteiger partial charge in [0.05, 0.1) is 11.4 Å². The Morgan fingerprint density at radius 1 is 1.25 bits per heavy atom. The molecule has 3 aromatic heterocycles. The molecule has 0 bridgehead atoms. The predicted octanol–water partition coefficient (Wildman–Crippen LogP) is 1.28. The largest absolute Gasteiger partial charge is 0.361 e. The molecule has 0 saturated carbocycles. The first-order valence-corrected chi connectivity index (χ1v) is 6.32. The lowest BCUT2D eigenvalue weighted by Gasteiger charge is -2.04. The second kappa shape index (κ2) is 5.26. The molecule has 102 valence electrons. The van der Waals surface area contributed by atoms with Gasteiger partial charge in [-0.1, -0.05) is 11.2 Å². The predicted molar refractivity (Wildman–Crippen MR) is 73.2 cm³/mol. The van der Waals surface area contributed by atoms with Crippen molar-refractivity contribution in [3.05, 3.63) is 64.0 Å². The van der Waals surface area contributed by atoms with Crippen molar-refractivity contribution in [3.63, 3.8) is 0 Å². The van der Waals surface area contributed by atoms with E-state index in [0.717, 1.165) is 11.5 Å². The van der Waals surface area contributed by atoms with Crippen LogP contribution in [0.4, 0.5) is 0 Å². The Bertz CT molecular complexity index is 791. The summed E-state index contributed by atoms with van der Waals surface area (Å²) in [6, 6.07) is 8.88. The Kier molecular flexibility index (Phi) is 3.30. The van der Waals surface area contributed by atoms with Gasteiger partial charge < -0.3 is 9.84 Å². The molecule has 1 N–H and O–H groups in total. The summed E-state index contributed by atoms with van der Waals surface area (Å²) < 4.78 is 6.50. The van der Waals surface area contributed by atoms with Gasteiger partial charge in [-0.2, -0.15) is 0 Å². The van der Waals surface area contributed by atoms with E-state index in [0.29, 0.717) is 24.4 Å². The van der Waals surface area contributed by atoms with Gasteiger partial charge in [-0.3, -0.25) is 9.20 Å². The van der Waals surface area contributed by atoms with Crippen LogP contribution in [0.2, 0.25) is 0 Å². The normalized spacial score (nSPS) is 11.1. The smallest absolute Gasteiger partial charge is 0.258 e. The molecule has 0 aliphatic rings.